The van der Waals surface area contributed by atoms with E-state index in [0.29, 0.717) is 20.6 Å². The summed E-state index contributed by atoms with van der Waals surface area (Å²) in [5, 5.41) is 5.52. The number of nitrogens with one attached hydrogen (secondary N) is 1. The summed E-state index contributed by atoms with van der Waals surface area (Å²) in [6.07, 6.45) is 3.51. The number of piperidine rings is 1. The first-order valence-electron chi connectivity index (χ1n) is 9.07. The molecule has 4 nitrogen and oxygen atoms in total. The first kappa shape index (κ1) is 19.3. The first-order chi connectivity index (χ1) is 13.5. The average Bonchev–Trinajstić information content (AvgIpc) is 2.70. The Bertz CT molecular complexity index is 1030. The van der Waals surface area contributed by atoms with Crippen molar-refractivity contribution >= 4 is 57.3 Å². The maximum absolute atomic E-state index is 12.6. The largest absolute Gasteiger partial charge is 0.371 e. The normalized spacial score (nSPS) is 15.0. The topological polar surface area (TPSA) is 45.2 Å². The SMILES string of the molecule is O=C(NC1CCN(c2ccnc3cc(Cl)ccc23)CC1)c1cccc(Cl)c1Cl. The molecule has 2 aromatic carbocycles. The van der Waals surface area contributed by atoms with Gasteiger partial charge >= 0.3 is 0 Å². The Morgan fingerprint density at radius 2 is 1.86 bits per heavy atom. The number of benzene rings is 2. The van der Waals surface area contributed by atoms with Gasteiger partial charge in [-0.25, -0.2) is 0 Å². The molecule has 1 amide bonds. The minimum absolute atomic E-state index is 0.0985. The molecule has 0 spiro atoms. The zero-order valence-corrected chi connectivity index (χ0v) is 17.2. The summed E-state index contributed by atoms with van der Waals surface area (Å²) in [4.78, 5) is 19.3. The Balaban J connectivity index is 1.44. The van der Waals surface area contributed by atoms with Gasteiger partial charge < -0.3 is 10.2 Å². The lowest BCUT2D eigenvalue weighted by molar-refractivity contribution is 0.0931. The molecule has 4 rings (SSSR count). The summed E-state index contributed by atoms with van der Waals surface area (Å²) in [7, 11) is 0. The number of hydrogen-bond acceptors (Lipinski definition) is 3. The number of fused-ring (bicyclic) bond motifs is 1. The Morgan fingerprint density at radius 3 is 2.64 bits per heavy atom. The number of aromatic nitrogens is 1. The maximum Gasteiger partial charge on any atom is 0.253 e. The molecule has 1 aliphatic rings. The molecule has 1 fully saturated rings. The van der Waals surface area contributed by atoms with Crippen molar-refractivity contribution in [3.63, 3.8) is 0 Å². The standard InChI is InChI=1S/C21H18Cl3N3O/c22-13-4-5-15-18(12-13)25-9-6-19(15)27-10-7-14(8-11-27)26-21(28)16-2-1-3-17(23)20(16)24/h1-6,9,12,14H,7-8,10-11H2,(H,26,28). The molecule has 1 N–H and O–H groups in total. The summed E-state index contributed by atoms with van der Waals surface area (Å²) in [6.45, 7) is 1.69. The van der Waals surface area contributed by atoms with E-state index in [1.54, 1.807) is 18.2 Å². The molecule has 0 bridgehead atoms. The minimum atomic E-state index is -0.185. The third kappa shape index (κ3) is 3.90. The van der Waals surface area contributed by atoms with Gasteiger partial charge in [-0.1, -0.05) is 40.9 Å². The molecular formula is C21H18Cl3N3O. The van der Waals surface area contributed by atoms with Crippen molar-refractivity contribution in [1.29, 1.82) is 0 Å². The number of hydrogen-bond donors (Lipinski definition) is 1. The highest BCUT2D eigenvalue weighted by Gasteiger charge is 2.23. The van der Waals surface area contributed by atoms with Crippen LogP contribution in [0.5, 0.6) is 0 Å². The molecule has 144 valence electrons. The second-order valence-electron chi connectivity index (χ2n) is 6.83. The second-order valence-corrected chi connectivity index (χ2v) is 8.05. The van der Waals surface area contributed by atoms with Crippen molar-refractivity contribution in [2.45, 2.75) is 18.9 Å². The fraction of sp³-hybridized carbons (Fsp3) is 0.238. The van der Waals surface area contributed by atoms with Crippen LogP contribution in [0.25, 0.3) is 10.9 Å². The van der Waals surface area contributed by atoms with Crippen LogP contribution in [0.2, 0.25) is 15.1 Å². The van der Waals surface area contributed by atoms with Crippen molar-refractivity contribution in [1.82, 2.24) is 10.3 Å². The van der Waals surface area contributed by atoms with E-state index in [1.165, 1.54) is 0 Å². The fourth-order valence-electron chi connectivity index (χ4n) is 3.59. The molecule has 3 aromatic rings. The highest BCUT2D eigenvalue weighted by molar-refractivity contribution is 6.43. The van der Waals surface area contributed by atoms with E-state index in [0.717, 1.165) is 42.5 Å². The van der Waals surface area contributed by atoms with Crippen LogP contribution >= 0.6 is 34.8 Å². The third-order valence-electron chi connectivity index (χ3n) is 5.05. The van der Waals surface area contributed by atoms with Crippen LogP contribution in [0.1, 0.15) is 23.2 Å². The molecular weight excluding hydrogens is 417 g/mol. The molecule has 1 saturated heterocycles. The average molecular weight is 435 g/mol. The number of rotatable bonds is 3. The number of carbonyl (C=O) groups excluding carboxylic acids is 1. The van der Waals surface area contributed by atoms with E-state index >= 15 is 0 Å². The van der Waals surface area contributed by atoms with Gasteiger partial charge in [0.15, 0.2) is 0 Å². The van der Waals surface area contributed by atoms with E-state index in [-0.39, 0.29) is 11.9 Å². The lowest BCUT2D eigenvalue weighted by atomic mass is 10.0. The third-order valence-corrected chi connectivity index (χ3v) is 6.10. The molecule has 0 unspecified atom stereocenters. The lowest BCUT2D eigenvalue weighted by Crippen LogP contribution is -2.44. The number of halogens is 3. The van der Waals surface area contributed by atoms with Gasteiger partial charge in [0.05, 0.1) is 21.1 Å². The van der Waals surface area contributed by atoms with Crippen molar-refractivity contribution < 1.29 is 4.79 Å². The van der Waals surface area contributed by atoms with Gasteiger partial charge in [0.2, 0.25) is 0 Å². The van der Waals surface area contributed by atoms with E-state index in [1.807, 2.05) is 30.5 Å². The molecule has 0 aliphatic carbocycles. The molecule has 1 aliphatic heterocycles. The highest BCUT2D eigenvalue weighted by Crippen LogP contribution is 2.30. The minimum Gasteiger partial charge on any atom is -0.371 e. The van der Waals surface area contributed by atoms with Gasteiger partial charge in [-0.2, -0.15) is 0 Å². The summed E-state index contributed by atoms with van der Waals surface area (Å²) < 4.78 is 0. The van der Waals surface area contributed by atoms with E-state index < -0.39 is 0 Å². The molecule has 0 atom stereocenters. The van der Waals surface area contributed by atoms with Crippen LogP contribution in [0.3, 0.4) is 0 Å². The van der Waals surface area contributed by atoms with Crippen molar-refractivity contribution in [2.75, 3.05) is 18.0 Å². The molecule has 2 heterocycles. The first-order valence-corrected chi connectivity index (χ1v) is 10.2. The van der Waals surface area contributed by atoms with Crippen LogP contribution < -0.4 is 10.2 Å². The fourth-order valence-corrected chi connectivity index (χ4v) is 4.14. The maximum atomic E-state index is 12.6. The summed E-state index contributed by atoms with van der Waals surface area (Å²) in [5.41, 5.74) is 2.44. The monoisotopic (exact) mass is 433 g/mol. The van der Waals surface area contributed by atoms with Crippen molar-refractivity contribution in [3.8, 4) is 0 Å². The van der Waals surface area contributed by atoms with Gasteiger partial charge in [-0.3, -0.25) is 9.78 Å². The van der Waals surface area contributed by atoms with Gasteiger partial charge in [-0.15, -0.1) is 0 Å². The van der Waals surface area contributed by atoms with Gasteiger partial charge in [-0.05, 0) is 49.2 Å². The Hall–Kier alpha value is -2.01. The van der Waals surface area contributed by atoms with Crippen LogP contribution in [0, 0.1) is 0 Å². The zero-order valence-electron chi connectivity index (χ0n) is 15.0. The molecule has 1 aromatic heterocycles. The van der Waals surface area contributed by atoms with Crippen LogP contribution in [-0.2, 0) is 0 Å². The van der Waals surface area contributed by atoms with Gasteiger partial charge in [0.25, 0.3) is 5.91 Å². The predicted octanol–water partition coefficient (Wildman–Crippen LogP) is 5.59. The van der Waals surface area contributed by atoms with E-state index in [4.69, 9.17) is 34.8 Å². The number of anilines is 1. The summed E-state index contributed by atoms with van der Waals surface area (Å²) in [6, 6.07) is 13.0. The number of carbonyl (C=O) groups is 1. The van der Waals surface area contributed by atoms with Crippen molar-refractivity contribution in [2.24, 2.45) is 0 Å². The zero-order chi connectivity index (χ0) is 19.7. The second kappa shape index (κ2) is 8.16. The number of nitrogens with zero attached hydrogens (tertiary/aromatic N) is 2. The number of pyridine rings is 1. The summed E-state index contributed by atoms with van der Waals surface area (Å²) >= 11 is 18.3. The summed E-state index contributed by atoms with van der Waals surface area (Å²) in [5.74, 6) is -0.185. The van der Waals surface area contributed by atoms with Crippen LogP contribution in [-0.4, -0.2) is 30.0 Å². The van der Waals surface area contributed by atoms with Gasteiger partial charge in [0.1, 0.15) is 0 Å². The van der Waals surface area contributed by atoms with E-state index in [2.05, 4.69) is 15.2 Å². The van der Waals surface area contributed by atoms with Crippen molar-refractivity contribution in [3.05, 3.63) is 69.3 Å². The van der Waals surface area contributed by atoms with Crippen LogP contribution in [0.4, 0.5) is 5.69 Å². The molecule has 28 heavy (non-hydrogen) atoms. The Morgan fingerprint density at radius 1 is 1.07 bits per heavy atom. The molecule has 7 heteroatoms. The number of amides is 1. The van der Waals surface area contributed by atoms with Crippen LogP contribution in [0.15, 0.2) is 48.7 Å². The quantitative estimate of drug-likeness (QED) is 0.584. The Kier molecular flexibility index (Phi) is 5.63. The highest BCUT2D eigenvalue weighted by atomic mass is 35.5. The molecule has 0 radical (unpaired) electrons. The lowest BCUT2D eigenvalue weighted by Gasteiger charge is -2.34. The smallest absolute Gasteiger partial charge is 0.253 e. The molecule has 0 saturated carbocycles. The van der Waals surface area contributed by atoms with E-state index in [9.17, 15) is 4.79 Å². The predicted molar refractivity (Wildman–Crippen MR) is 116 cm³/mol. The van der Waals surface area contributed by atoms with Gasteiger partial charge in [0, 0.05) is 41.4 Å². The Labute approximate surface area is 178 Å².